The molecule has 142 valence electrons. The van der Waals surface area contributed by atoms with Crippen molar-refractivity contribution in [2.75, 3.05) is 54.5 Å². The van der Waals surface area contributed by atoms with Gasteiger partial charge in [0.25, 0.3) is 0 Å². The van der Waals surface area contributed by atoms with Crippen molar-refractivity contribution in [2.24, 2.45) is 0 Å². The van der Waals surface area contributed by atoms with E-state index in [1.807, 2.05) is 28.2 Å². The summed E-state index contributed by atoms with van der Waals surface area (Å²) in [5.74, 6) is 0. The van der Waals surface area contributed by atoms with E-state index in [4.69, 9.17) is 9.47 Å². The molecule has 2 amide bonds. The summed E-state index contributed by atoms with van der Waals surface area (Å²) < 4.78 is 10.1. The molecule has 0 aromatic rings. The van der Waals surface area contributed by atoms with Gasteiger partial charge in [0.15, 0.2) is 0 Å². The maximum absolute atomic E-state index is 11.8. The number of ether oxygens (including phenoxy) is 2. The minimum atomic E-state index is -0.316. The Morgan fingerprint density at radius 1 is 0.667 bits per heavy atom. The molecule has 0 aromatic carbocycles. The number of carbonyl (C=O) groups is 2. The van der Waals surface area contributed by atoms with Gasteiger partial charge in [0.1, 0.15) is 0 Å². The van der Waals surface area contributed by atoms with E-state index in [1.54, 1.807) is 33.9 Å². The first-order chi connectivity index (χ1) is 11.3. The Labute approximate surface area is 146 Å². The molecule has 0 aliphatic carbocycles. The van der Waals surface area contributed by atoms with E-state index < -0.39 is 0 Å². The van der Waals surface area contributed by atoms with Crippen molar-refractivity contribution in [3.63, 3.8) is 0 Å². The van der Waals surface area contributed by atoms with Gasteiger partial charge < -0.3 is 9.47 Å². The van der Waals surface area contributed by atoms with E-state index in [0.717, 1.165) is 25.7 Å². The molecule has 0 atom stereocenters. The summed E-state index contributed by atoms with van der Waals surface area (Å²) in [5, 5.41) is 6.67. The van der Waals surface area contributed by atoms with Gasteiger partial charge in [-0.1, -0.05) is 12.8 Å². The molecule has 0 fully saturated rings. The molecule has 0 N–H and O–H groups in total. The third-order valence-corrected chi connectivity index (χ3v) is 3.41. The summed E-state index contributed by atoms with van der Waals surface area (Å²) >= 11 is 0. The van der Waals surface area contributed by atoms with E-state index in [0.29, 0.717) is 26.3 Å². The van der Waals surface area contributed by atoms with Gasteiger partial charge in [0.05, 0.1) is 13.2 Å². The molecule has 8 heteroatoms. The maximum atomic E-state index is 11.8. The molecule has 0 saturated heterocycles. The lowest BCUT2D eigenvalue weighted by Gasteiger charge is -2.28. The second-order valence-electron chi connectivity index (χ2n) is 5.75. The van der Waals surface area contributed by atoms with Gasteiger partial charge in [-0.15, -0.1) is 0 Å². The van der Waals surface area contributed by atoms with Gasteiger partial charge in [0.2, 0.25) is 0 Å². The third kappa shape index (κ3) is 8.93. The van der Waals surface area contributed by atoms with Crippen LogP contribution in [0.15, 0.2) is 0 Å². The Kier molecular flexibility index (Phi) is 12.0. The lowest BCUT2D eigenvalue weighted by atomic mass is 10.2. The van der Waals surface area contributed by atoms with Crippen molar-refractivity contribution in [3.8, 4) is 0 Å². The SMILES string of the molecule is CCOC(=O)N(CCCCCCN(C(=O)OCC)N(C)C)N(C)C. The molecule has 0 aromatic heterocycles. The zero-order valence-electron chi connectivity index (χ0n) is 16.1. The summed E-state index contributed by atoms with van der Waals surface area (Å²) in [7, 11) is 7.30. The molecule has 0 unspecified atom stereocenters. The van der Waals surface area contributed by atoms with Gasteiger partial charge in [-0.05, 0) is 26.7 Å². The summed E-state index contributed by atoms with van der Waals surface area (Å²) in [4.78, 5) is 23.6. The standard InChI is InChI=1S/C16H34N4O4/c1-7-23-15(21)19(17(3)4)13-11-9-10-12-14-20(18(5)6)16(22)24-8-2/h7-14H2,1-6H3. The van der Waals surface area contributed by atoms with E-state index in [9.17, 15) is 9.59 Å². The second-order valence-corrected chi connectivity index (χ2v) is 5.75. The first-order valence-corrected chi connectivity index (χ1v) is 8.58. The van der Waals surface area contributed by atoms with E-state index in [1.165, 1.54) is 0 Å². The first-order valence-electron chi connectivity index (χ1n) is 8.58. The van der Waals surface area contributed by atoms with Crippen LogP contribution in [-0.2, 0) is 9.47 Å². The molecule has 0 bridgehead atoms. The Balaban J connectivity index is 4.06. The molecular weight excluding hydrogens is 312 g/mol. The van der Waals surface area contributed by atoms with E-state index in [-0.39, 0.29) is 12.2 Å². The Bertz CT molecular complexity index is 330. The van der Waals surface area contributed by atoms with Gasteiger partial charge in [-0.2, -0.15) is 0 Å². The second kappa shape index (κ2) is 12.8. The van der Waals surface area contributed by atoms with Crippen LogP contribution in [0, 0.1) is 0 Å². The first kappa shape index (κ1) is 22.5. The number of unbranched alkanes of at least 4 members (excludes halogenated alkanes) is 3. The molecule has 8 nitrogen and oxygen atoms in total. The highest BCUT2D eigenvalue weighted by atomic mass is 16.6. The van der Waals surface area contributed by atoms with Crippen LogP contribution in [0.3, 0.4) is 0 Å². The predicted octanol–water partition coefficient (Wildman–Crippen LogP) is 2.42. The van der Waals surface area contributed by atoms with E-state index >= 15 is 0 Å². The van der Waals surface area contributed by atoms with Crippen LogP contribution < -0.4 is 0 Å². The van der Waals surface area contributed by atoms with Crippen LogP contribution in [-0.4, -0.2) is 86.7 Å². The third-order valence-electron chi connectivity index (χ3n) is 3.41. The van der Waals surface area contributed by atoms with Crippen LogP contribution in [0.5, 0.6) is 0 Å². The van der Waals surface area contributed by atoms with Crippen molar-refractivity contribution in [1.29, 1.82) is 0 Å². The number of amides is 2. The molecular formula is C16H34N4O4. The molecule has 0 rings (SSSR count). The van der Waals surface area contributed by atoms with Crippen molar-refractivity contribution in [2.45, 2.75) is 39.5 Å². The van der Waals surface area contributed by atoms with Crippen molar-refractivity contribution in [3.05, 3.63) is 0 Å². The number of hydrazine groups is 2. The van der Waals surface area contributed by atoms with Crippen LogP contribution in [0.2, 0.25) is 0 Å². The molecule has 0 aliphatic heterocycles. The summed E-state index contributed by atoms with van der Waals surface area (Å²) in [5.41, 5.74) is 0. The average molecular weight is 346 g/mol. The molecule has 24 heavy (non-hydrogen) atoms. The number of carbonyl (C=O) groups excluding carboxylic acids is 2. The highest BCUT2D eigenvalue weighted by Gasteiger charge is 2.17. The fourth-order valence-electron chi connectivity index (χ4n) is 2.18. The maximum Gasteiger partial charge on any atom is 0.424 e. The number of hydrogen-bond acceptors (Lipinski definition) is 6. The lowest BCUT2D eigenvalue weighted by Crippen LogP contribution is -2.43. The molecule has 0 spiro atoms. The normalized spacial score (nSPS) is 10.8. The molecule has 0 radical (unpaired) electrons. The van der Waals surface area contributed by atoms with Crippen LogP contribution in [0.1, 0.15) is 39.5 Å². The van der Waals surface area contributed by atoms with Crippen molar-refractivity contribution in [1.82, 2.24) is 20.0 Å². The average Bonchev–Trinajstić information content (AvgIpc) is 2.49. The number of nitrogens with zero attached hydrogens (tertiary/aromatic N) is 4. The molecule has 0 heterocycles. The zero-order valence-corrected chi connectivity index (χ0v) is 16.1. The van der Waals surface area contributed by atoms with Crippen LogP contribution >= 0.6 is 0 Å². The Hall–Kier alpha value is -1.54. The van der Waals surface area contributed by atoms with Gasteiger partial charge >= 0.3 is 12.2 Å². The Morgan fingerprint density at radius 3 is 1.25 bits per heavy atom. The number of rotatable bonds is 11. The fourth-order valence-corrected chi connectivity index (χ4v) is 2.18. The largest absolute Gasteiger partial charge is 0.449 e. The van der Waals surface area contributed by atoms with Gasteiger partial charge in [-0.3, -0.25) is 0 Å². The number of hydrogen-bond donors (Lipinski definition) is 0. The fraction of sp³-hybridized carbons (Fsp3) is 0.875. The Morgan fingerprint density at radius 2 is 1.00 bits per heavy atom. The topological polar surface area (TPSA) is 65.6 Å². The van der Waals surface area contributed by atoms with Gasteiger partial charge in [-0.25, -0.2) is 29.6 Å². The van der Waals surface area contributed by atoms with Gasteiger partial charge in [0, 0.05) is 41.3 Å². The van der Waals surface area contributed by atoms with E-state index in [2.05, 4.69) is 0 Å². The lowest BCUT2D eigenvalue weighted by molar-refractivity contribution is 0.00972. The minimum absolute atomic E-state index is 0.316. The summed E-state index contributed by atoms with van der Waals surface area (Å²) in [6.07, 6.45) is 3.10. The molecule has 0 aliphatic rings. The summed E-state index contributed by atoms with van der Waals surface area (Å²) in [6.45, 7) is 5.59. The quantitative estimate of drug-likeness (QED) is 0.423. The smallest absolute Gasteiger partial charge is 0.424 e. The predicted molar refractivity (Wildman–Crippen MR) is 93.3 cm³/mol. The van der Waals surface area contributed by atoms with Crippen LogP contribution in [0.4, 0.5) is 9.59 Å². The minimum Gasteiger partial charge on any atom is -0.449 e. The highest BCUT2D eigenvalue weighted by Crippen LogP contribution is 2.07. The monoisotopic (exact) mass is 346 g/mol. The van der Waals surface area contributed by atoms with Crippen molar-refractivity contribution < 1.29 is 19.1 Å². The zero-order chi connectivity index (χ0) is 18.5. The van der Waals surface area contributed by atoms with Crippen molar-refractivity contribution >= 4 is 12.2 Å². The summed E-state index contributed by atoms with van der Waals surface area (Å²) in [6, 6.07) is 0. The highest BCUT2D eigenvalue weighted by molar-refractivity contribution is 5.67. The van der Waals surface area contributed by atoms with Crippen LogP contribution in [0.25, 0.3) is 0 Å². The molecule has 0 saturated carbocycles.